The van der Waals surface area contributed by atoms with E-state index in [1.54, 1.807) is 13.0 Å². The molecule has 4 aromatic rings. The third kappa shape index (κ3) is 3.69. The molecule has 4 rings (SSSR count). The van der Waals surface area contributed by atoms with E-state index in [0.29, 0.717) is 33.7 Å². The largest absolute Gasteiger partial charge is 0.368 e. The van der Waals surface area contributed by atoms with Gasteiger partial charge < -0.3 is 11.1 Å². The van der Waals surface area contributed by atoms with Crippen molar-refractivity contribution in [2.24, 2.45) is 0 Å². The van der Waals surface area contributed by atoms with E-state index in [0.717, 1.165) is 0 Å². The van der Waals surface area contributed by atoms with Crippen LogP contribution < -0.4 is 16.6 Å². The van der Waals surface area contributed by atoms with Gasteiger partial charge >= 0.3 is 0 Å². The molecule has 1 atom stereocenters. The first-order chi connectivity index (χ1) is 14.9. The molecule has 3 heterocycles. The van der Waals surface area contributed by atoms with Crippen LogP contribution in [0.4, 0.5) is 16.2 Å². The number of nitrogens with zero attached hydrogens (tertiary/aromatic N) is 4. The maximum absolute atomic E-state index is 13.8. The van der Waals surface area contributed by atoms with Gasteiger partial charge in [-0.25, -0.2) is 9.37 Å². The van der Waals surface area contributed by atoms with Crippen LogP contribution in [-0.4, -0.2) is 14.4 Å². The Morgan fingerprint density at radius 3 is 2.65 bits per heavy atom. The van der Waals surface area contributed by atoms with Gasteiger partial charge in [-0.3, -0.25) is 9.20 Å². The highest BCUT2D eigenvalue weighted by Gasteiger charge is 2.20. The van der Waals surface area contributed by atoms with Crippen molar-refractivity contribution < 1.29 is 4.39 Å². The van der Waals surface area contributed by atoms with E-state index in [1.165, 1.54) is 16.7 Å². The Hall–Kier alpha value is -4.25. The first-order valence-electron chi connectivity index (χ1n) is 9.60. The summed E-state index contributed by atoms with van der Waals surface area (Å²) in [4.78, 5) is 21.6. The maximum atomic E-state index is 13.8. The summed E-state index contributed by atoms with van der Waals surface area (Å²) in [5.41, 5.74) is 8.53. The molecule has 31 heavy (non-hydrogen) atoms. The van der Waals surface area contributed by atoms with E-state index in [4.69, 9.17) is 5.73 Å². The van der Waals surface area contributed by atoms with Gasteiger partial charge in [0.05, 0.1) is 17.3 Å². The number of nitrogens with two attached hydrogens (primary N) is 1. The average molecular weight is 414 g/mol. The predicted molar refractivity (Wildman–Crippen MR) is 117 cm³/mol. The molecule has 0 spiro atoms. The van der Waals surface area contributed by atoms with Crippen molar-refractivity contribution in [1.82, 2.24) is 14.4 Å². The van der Waals surface area contributed by atoms with E-state index >= 15 is 0 Å². The van der Waals surface area contributed by atoms with Crippen LogP contribution >= 0.6 is 0 Å². The topological polar surface area (TPSA) is 109 Å². The number of nitrogen functional groups attached to an aromatic ring is 1. The Bertz CT molecular complexity index is 1390. The van der Waals surface area contributed by atoms with Crippen LogP contribution in [-0.2, 0) is 0 Å². The summed E-state index contributed by atoms with van der Waals surface area (Å²) < 4.78 is 15.1. The Morgan fingerprint density at radius 2 is 1.94 bits per heavy atom. The number of fused-ring (bicyclic) bond motifs is 1. The standard InChI is InChI=1S/C23H19FN6O/c1-13(27-21-19(11-25)14(2)28-23(26)29-21)18-10-17-9-8-16(24)12-30(17)22(31)20(18)15-6-4-3-5-7-15/h3-10,12-13H,1-2H3,(H3,26,27,28,29). The minimum atomic E-state index is -0.502. The van der Waals surface area contributed by atoms with Crippen molar-refractivity contribution in [1.29, 1.82) is 5.26 Å². The SMILES string of the molecule is Cc1nc(N)nc(NC(C)c2cc3ccc(F)cn3c(=O)c2-c2ccccc2)c1C#N. The molecule has 8 heteroatoms. The molecule has 0 aliphatic carbocycles. The lowest BCUT2D eigenvalue weighted by molar-refractivity contribution is 0.618. The van der Waals surface area contributed by atoms with E-state index in [9.17, 15) is 14.4 Å². The number of hydrogen-bond acceptors (Lipinski definition) is 6. The first kappa shape index (κ1) is 20.0. The molecule has 154 valence electrons. The quantitative estimate of drug-likeness (QED) is 0.525. The Balaban J connectivity index is 1.92. The summed E-state index contributed by atoms with van der Waals surface area (Å²) in [6.45, 7) is 3.54. The minimum absolute atomic E-state index is 0.0449. The molecule has 0 saturated heterocycles. The lowest BCUT2D eigenvalue weighted by atomic mass is 9.96. The normalized spacial score (nSPS) is 11.8. The molecule has 1 unspecified atom stereocenters. The third-order valence-corrected chi connectivity index (χ3v) is 5.07. The van der Waals surface area contributed by atoms with Gasteiger partial charge in [-0.1, -0.05) is 30.3 Å². The van der Waals surface area contributed by atoms with Crippen LogP contribution in [0.5, 0.6) is 0 Å². The molecule has 0 amide bonds. The second-order valence-electron chi connectivity index (χ2n) is 7.16. The molecule has 0 aliphatic rings. The van der Waals surface area contributed by atoms with Crippen molar-refractivity contribution in [3.63, 3.8) is 0 Å². The molecule has 0 fully saturated rings. The zero-order valence-corrected chi connectivity index (χ0v) is 16.9. The average Bonchev–Trinajstić information content (AvgIpc) is 2.74. The molecule has 0 saturated carbocycles. The summed E-state index contributed by atoms with van der Waals surface area (Å²) in [7, 11) is 0. The number of nitriles is 1. The Kier molecular flexibility index (Phi) is 5.09. The van der Waals surface area contributed by atoms with Crippen LogP contribution in [0.3, 0.4) is 0 Å². The lowest BCUT2D eigenvalue weighted by Gasteiger charge is -2.20. The van der Waals surface area contributed by atoms with Crippen LogP contribution in [0.2, 0.25) is 0 Å². The number of benzene rings is 1. The van der Waals surface area contributed by atoms with Gasteiger partial charge in [-0.15, -0.1) is 0 Å². The van der Waals surface area contributed by atoms with Crippen LogP contribution in [0, 0.1) is 24.1 Å². The minimum Gasteiger partial charge on any atom is -0.368 e. The molecule has 0 bridgehead atoms. The fraction of sp³-hybridized carbons (Fsp3) is 0.130. The number of hydrogen-bond donors (Lipinski definition) is 2. The van der Waals surface area contributed by atoms with Crippen molar-refractivity contribution >= 4 is 17.3 Å². The number of halogens is 1. The summed E-state index contributed by atoms with van der Waals surface area (Å²) >= 11 is 0. The summed E-state index contributed by atoms with van der Waals surface area (Å²) in [6.07, 6.45) is 1.17. The highest BCUT2D eigenvalue weighted by Crippen LogP contribution is 2.30. The van der Waals surface area contributed by atoms with Crippen molar-refractivity contribution in [2.45, 2.75) is 19.9 Å². The van der Waals surface area contributed by atoms with E-state index in [1.807, 2.05) is 43.3 Å². The van der Waals surface area contributed by atoms with Gasteiger partial charge in [0, 0.05) is 11.7 Å². The number of rotatable bonds is 4. The zero-order chi connectivity index (χ0) is 22.1. The van der Waals surface area contributed by atoms with E-state index in [2.05, 4.69) is 21.4 Å². The second kappa shape index (κ2) is 7.88. The van der Waals surface area contributed by atoms with Gasteiger partial charge in [-0.05, 0) is 43.2 Å². The molecule has 7 nitrogen and oxygen atoms in total. The fourth-order valence-electron chi connectivity index (χ4n) is 3.61. The van der Waals surface area contributed by atoms with Gasteiger partial charge in [0.1, 0.15) is 23.3 Å². The molecule has 0 aliphatic heterocycles. The monoisotopic (exact) mass is 414 g/mol. The fourth-order valence-corrected chi connectivity index (χ4v) is 3.61. The molecule has 1 aromatic carbocycles. The molecule has 3 N–H and O–H groups in total. The number of aryl methyl sites for hydroxylation is 1. The zero-order valence-electron chi connectivity index (χ0n) is 16.9. The highest BCUT2D eigenvalue weighted by atomic mass is 19.1. The van der Waals surface area contributed by atoms with E-state index < -0.39 is 11.9 Å². The lowest BCUT2D eigenvalue weighted by Crippen LogP contribution is -2.21. The Labute approximate surface area is 177 Å². The van der Waals surface area contributed by atoms with Crippen molar-refractivity contribution in [2.75, 3.05) is 11.1 Å². The smallest absolute Gasteiger partial charge is 0.263 e. The highest BCUT2D eigenvalue weighted by molar-refractivity contribution is 5.71. The number of aromatic nitrogens is 3. The predicted octanol–water partition coefficient (Wildman–Crippen LogP) is 3.83. The van der Waals surface area contributed by atoms with Crippen molar-refractivity contribution in [3.8, 4) is 17.2 Å². The number of pyridine rings is 2. The van der Waals surface area contributed by atoms with E-state index in [-0.39, 0.29) is 17.1 Å². The molecular formula is C23H19FN6O. The number of anilines is 2. The van der Waals surface area contributed by atoms with Crippen LogP contribution in [0.15, 0.2) is 59.5 Å². The molecular weight excluding hydrogens is 395 g/mol. The third-order valence-electron chi connectivity index (χ3n) is 5.07. The van der Waals surface area contributed by atoms with Gasteiger partial charge in [0.2, 0.25) is 5.95 Å². The maximum Gasteiger partial charge on any atom is 0.263 e. The van der Waals surface area contributed by atoms with Gasteiger partial charge in [0.15, 0.2) is 0 Å². The summed E-state index contributed by atoms with van der Waals surface area (Å²) in [6, 6.07) is 15.5. The van der Waals surface area contributed by atoms with Crippen LogP contribution in [0.25, 0.3) is 16.6 Å². The Morgan fingerprint density at radius 1 is 1.19 bits per heavy atom. The number of nitrogens with one attached hydrogen (secondary N) is 1. The van der Waals surface area contributed by atoms with Crippen molar-refractivity contribution in [3.05, 3.63) is 87.7 Å². The molecule has 0 radical (unpaired) electrons. The molecule has 3 aromatic heterocycles. The van der Waals surface area contributed by atoms with Gasteiger partial charge in [0.25, 0.3) is 5.56 Å². The first-order valence-corrected chi connectivity index (χ1v) is 9.60. The second-order valence-corrected chi connectivity index (χ2v) is 7.16. The van der Waals surface area contributed by atoms with Gasteiger partial charge in [-0.2, -0.15) is 10.2 Å². The van der Waals surface area contributed by atoms with Crippen LogP contribution in [0.1, 0.15) is 29.8 Å². The summed E-state index contributed by atoms with van der Waals surface area (Å²) in [5.74, 6) is -0.167. The summed E-state index contributed by atoms with van der Waals surface area (Å²) in [5, 5.41) is 12.7.